The summed E-state index contributed by atoms with van der Waals surface area (Å²) in [4.78, 5) is 21.9. The lowest BCUT2D eigenvalue weighted by molar-refractivity contribution is -0.105. The fourth-order valence-electron chi connectivity index (χ4n) is 1.11. The summed E-state index contributed by atoms with van der Waals surface area (Å²) in [6, 6.07) is 4.93. The zero-order valence-corrected chi connectivity index (χ0v) is 9.98. The first-order valence-electron chi connectivity index (χ1n) is 4.70. The van der Waals surface area contributed by atoms with Gasteiger partial charge in [0.15, 0.2) is 6.29 Å². The third-order valence-corrected chi connectivity index (χ3v) is 2.94. The van der Waals surface area contributed by atoms with Gasteiger partial charge in [0.2, 0.25) is 10.0 Å². The number of allylic oxidation sites excluding steroid dienone is 1. The summed E-state index contributed by atoms with van der Waals surface area (Å²) < 4.78 is 22.0. The highest BCUT2D eigenvalue weighted by Gasteiger charge is 2.10. The Kier molecular flexibility index (Phi) is 4.18. The van der Waals surface area contributed by atoms with Crippen LogP contribution in [-0.2, 0) is 14.8 Å². The predicted molar refractivity (Wildman–Crippen MR) is 63.6 cm³/mol. The average Bonchev–Trinajstić information content (AvgIpc) is 2.34. The highest BCUT2D eigenvalue weighted by atomic mass is 32.2. The quantitative estimate of drug-likeness (QED) is 0.479. The Morgan fingerprint density at radius 2 is 1.78 bits per heavy atom. The van der Waals surface area contributed by atoms with Crippen molar-refractivity contribution in [1.82, 2.24) is 5.32 Å². The number of benzene rings is 1. The van der Waals surface area contributed by atoms with Crippen LogP contribution in [0.25, 0.3) is 0 Å². The zero-order valence-electron chi connectivity index (χ0n) is 9.16. The van der Waals surface area contributed by atoms with Gasteiger partial charge in [-0.25, -0.2) is 13.6 Å². The number of aldehydes is 1. The normalized spacial score (nSPS) is 11.9. The number of hydrogen-bond acceptors (Lipinski definition) is 5. The Labute approximate surface area is 104 Å². The molecule has 0 aliphatic heterocycles. The second kappa shape index (κ2) is 5.43. The topological polar surface area (TPSA) is 132 Å². The van der Waals surface area contributed by atoms with E-state index in [1.54, 1.807) is 0 Å². The van der Waals surface area contributed by atoms with Crippen molar-refractivity contribution in [3.05, 3.63) is 41.7 Å². The van der Waals surface area contributed by atoms with Gasteiger partial charge in [-0.3, -0.25) is 9.59 Å². The minimum Gasteiger partial charge on any atom is -0.403 e. The fourth-order valence-corrected chi connectivity index (χ4v) is 1.63. The van der Waals surface area contributed by atoms with Crippen molar-refractivity contribution in [2.75, 3.05) is 0 Å². The highest BCUT2D eigenvalue weighted by molar-refractivity contribution is 7.89. The van der Waals surface area contributed by atoms with E-state index in [1.165, 1.54) is 24.3 Å². The Morgan fingerprint density at radius 1 is 1.22 bits per heavy atom. The summed E-state index contributed by atoms with van der Waals surface area (Å²) in [5, 5.41) is 7.15. The first kappa shape index (κ1) is 13.9. The van der Waals surface area contributed by atoms with Gasteiger partial charge in [0, 0.05) is 11.8 Å². The molecule has 18 heavy (non-hydrogen) atoms. The van der Waals surface area contributed by atoms with Crippen molar-refractivity contribution in [1.29, 1.82) is 0 Å². The molecule has 8 heteroatoms. The summed E-state index contributed by atoms with van der Waals surface area (Å²) in [6.07, 6.45) is 1.33. The molecule has 0 bridgehead atoms. The SMILES string of the molecule is N/C=C(\C=O)NC(=O)c1ccc(S(N)(=O)=O)cc1. The van der Waals surface area contributed by atoms with Crippen LogP contribution >= 0.6 is 0 Å². The monoisotopic (exact) mass is 269 g/mol. The largest absolute Gasteiger partial charge is 0.403 e. The standard InChI is InChI=1S/C10H11N3O4S/c11-5-8(6-14)13-10(15)7-1-3-9(4-2-7)18(12,16)17/h1-6H,11H2,(H,13,15)(H2,12,16,17)/b8-5+. The Hall–Kier alpha value is -2.19. The molecule has 1 aromatic rings. The van der Waals surface area contributed by atoms with Gasteiger partial charge in [-0.05, 0) is 24.3 Å². The van der Waals surface area contributed by atoms with Crippen molar-refractivity contribution >= 4 is 22.2 Å². The maximum absolute atomic E-state index is 11.6. The lowest BCUT2D eigenvalue weighted by Gasteiger charge is -2.04. The zero-order chi connectivity index (χ0) is 13.8. The summed E-state index contributed by atoms with van der Waals surface area (Å²) in [5.41, 5.74) is 5.17. The van der Waals surface area contributed by atoms with Crippen LogP contribution in [0, 0.1) is 0 Å². The van der Waals surface area contributed by atoms with E-state index < -0.39 is 15.9 Å². The molecule has 0 unspecified atom stereocenters. The van der Waals surface area contributed by atoms with Crippen LogP contribution in [0.15, 0.2) is 41.1 Å². The maximum Gasteiger partial charge on any atom is 0.255 e. The highest BCUT2D eigenvalue weighted by Crippen LogP contribution is 2.08. The minimum absolute atomic E-state index is 0.0875. The molecule has 96 valence electrons. The molecule has 0 spiro atoms. The first-order valence-corrected chi connectivity index (χ1v) is 6.24. The van der Waals surface area contributed by atoms with Crippen LogP contribution in [0.5, 0.6) is 0 Å². The number of hydrogen-bond donors (Lipinski definition) is 3. The fraction of sp³-hybridized carbons (Fsp3) is 0. The van der Waals surface area contributed by atoms with E-state index in [9.17, 15) is 18.0 Å². The van der Waals surface area contributed by atoms with Crippen molar-refractivity contribution in [3.63, 3.8) is 0 Å². The number of sulfonamides is 1. The number of nitrogens with two attached hydrogens (primary N) is 2. The van der Waals surface area contributed by atoms with Gasteiger partial charge < -0.3 is 11.1 Å². The maximum atomic E-state index is 11.6. The number of nitrogens with one attached hydrogen (secondary N) is 1. The smallest absolute Gasteiger partial charge is 0.255 e. The number of amides is 1. The second-order valence-corrected chi connectivity index (χ2v) is 4.82. The molecule has 0 aliphatic carbocycles. The number of carbonyl (C=O) groups is 2. The summed E-state index contributed by atoms with van der Waals surface area (Å²) in [7, 11) is -3.80. The molecule has 0 heterocycles. The van der Waals surface area contributed by atoms with Gasteiger partial charge in [-0.15, -0.1) is 0 Å². The summed E-state index contributed by atoms with van der Waals surface area (Å²) in [5.74, 6) is -0.584. The predicted octanol–water partition coefficient (Wildman–Crippen LogP) is -0.937. The van der Waals surface area contributed by atoms with Gasteiger partial charge in [0.05, 0.1) is 10.6 Å². The van der Waals surface area contributed by atoms with Gasteiger partial charge in [0.25, 0.3) is 5.91 Å². The summed E-state index contributed by atoms with van der Waals surface area (Å²) in [6.45, 7) is 0. The van der Waals surface area contributed by atoms with E-state index in [0.29, 0.717) is 6.29 Å². The molecule has 0 saturated heterocycles. The van der Waals surface area contributed by atoms with E-state index in [1.807, 2.05) is 0 Å². The third-order valence-electron chi connectivity index (χ3n) is 2.01. The van der Waals surface area contributed by atoms with Crippen LogP contribution in [0.3, 0.4) is 0 Å². The molecular formula is C10H11N3O4S. The number of rotatable bonds is 4. The Balaban J connectivity index is 2.93. The molecule has 5 N–H and O–H groups in total. The van der Waals surface area contributed by atoms with Crippen molar-refractivity contribution in [2.45, 2.75) is 4.90 Å². The van der Waals surface area contributed by atoms with Crippen molar-refractivity contribution in [2.24, 2.45) is 10.9 Å². The van der Waals surface area contributed by atoms with Crippen LogP contribution in [0.4, 0.5) is 0 Å². The van der Waals surface area contributed by atoms with Crippen molar-refractivity contribution < 1.29 is 18.0 Å². The molecule has 0 fully saturated rings. The van der Waals surface area contributed by atoms with Gasteiger partial charge in [-0.1, -0.05) is 0 Å². The van der Waals surface area contributed by atoms with Gasteiger partial charge in [0.1, 0.15) is 0 Å². The molecule has 0 aromatic heterocycles. The van der Waals surface area contributed by atoms with E-state index in [2.05, 4.69) is 5.32 Å². The van der Waals surface area contributed by atoms with Crippen molar-refractivity contribution in [3.8, 4) is 0 Å². The number of primary sulfonamides is 1. The minimum atomic E-state index is -3.80. The average molecular weight is 269 g/mol. The molecule has 1 amide bonds. The molecular weight excluding hydrogens is 258 g/mol. The van der Waals surface area contributed by atoms with Gasteiger partial charge in [-0.2, -0.15) is 0 Å². The third kappa shape index (κ3) is 3.40. The molecule has 0 atom stereocenters. The summed E-state index contributed by atoms with van der Waals surface area (Å²) >= 11 is 0. The Bertz CT molecular complexity index is 590. The molecule has 7 nitrogen and oxygen atoms in total. The van der Waals surface area contributed by atoms with E-state index >= 15 is 0 Å². The van der Waals surface area contributed by atoms with Crippen LogP contribution in [-0.4, -0.2) is 20.6 Å². The van der Waals surface area contributed by atoms with Gasteiger partial charge >= 0.3 is 0 Å². The lowest BCUT2D eigenvalue weighted by atomic mass is 10.2. The molecule has 0 radical (unpaired) electrons. The first-order chi connectivity index (χ1) is 8.38. The molecule has 0 aliphatic rings. The molecule has 1 aromatic carbocycles. The van der Waals surface area contributed by atoms with Crippen LogP contribution < -0.4 is 16.2 Å². The Morgan fingerprint density at radius 3 is 2.17 bits per heavy atom. The molecule has 1 rings (SSSR count). The number of carbonyl (C=O) groups excluding carboxylic acids is 2. The molecule has 0 saturated carbocycles. The van der Waals surface area contributed by atoms with E-state index in [-0.39, 0.29) is 16.2 Å². The van der Waals surface area contributed by atoms with E-state index in [0.717, 1.165) is 6.20 Å². The second-order valence-electron chi connectivity index (χ2n) is 3.26. The van der Waals surface area contributed by atoms with E-state index in [4.69, 9.17) is 10.9 Å². The lowest BCUT2D eigenvalue weighted by Crippen LogP contribution is -2.24. The van der Waals surface area contributed by atoms with Crippen LogP contribution in [0.1, 0.15) is 10.4 Å². The van der Waals surface area contributed by atoms with Crippen LogP contribution in [0.2, 0.25) is 0 Å².